The molecule has 0 bridgehead atoms. The van der Waals surface area contributed by atoms with Gasteiger partial charge in [-0.05, 0) is 74.9 Å². The minimum absolute atomic E-state index is 0.851. The summed E-state index contributed by atoms with van der Waals surface area (Å²) in [6.07, 6.45) is 15.8. The normalized spacial score (nSPS) is 10.5. The fourth-order valence-electron chi connectivity index (χ4n) is 3.85. The van der Waals surface area contributed by atoms with Crippen LogP contribution >= 0.6 is 0 Å². The summed E-state index contributed by atoms with van der Waals surface area (Å²) >= 11 is 0. The zero-order valence-electron chi connectivity index (χ0n) is 23.2. The summed E-state index contributed by atoms with van der Waals surface area (Å²) in [5, 5.41) is 0. The first-order valence-electron chi connectivity index (χ1n) is 13.9. The molecule has 0 saturated carbocycles. The molecule has 0 aliphatic rings. The molecule has 0 spiro atoms. The van der Waals surface area contributed by atoms with E-state index in [0.717, 1.165) is 24.7 Å². The van der Waals surface area contributed by atoms with Crippen molar-refractivity contribution in [3.8, 4) is 11.5 Å². The van der Waals surface area contributed by atoms with E-state index in [1.54, 1.807) is 0 Å². The lowest BCUT2D eigenvalue weighted by molar-refractivity contribution is 0.302. The summed E-state index contributed by atoms with van der Waals surface area (Å²) in [5.74, 6) is 2.11. The largest absolute Gasteiger partial charge is 0.493 e. The average molecular weight is 469 g/mol. The summed E-state index contributed by atoms with van der Waals surface area (Å²) in [7, 11) is 0. The van der Waals surface area contributed by atoms with E-state index >= 15 is 0 Å². The summed E-state index contributed by atoms with van der Waals surface area (Å²) in [6, 6.07) is 12.8. The predicted octanol–water partition coefficient (Wildman–Crippen LogP) is 10.1. The van der Waals surface area contributed by atoms with Crippen LogP contribution in [0.2, 0.25) is 0 Å². The SMILES string of the molecule is CCCCCCCCCCOc1cc(C)ccc1C.CCCCCCOc1cc(C)ccc1C. The summed E-state index contributed by atoms with van der Waals surface area (Å²) in [6.45, 7) is 14.6. The molecule has 0 aliphatic carbocycles. The molecule has 2 nitrogen and oxygen atoms in total. The molecule has 0 amide bonds. The van der Waals surface area contributed by atoms with E-state index in [2.05, 4.69) is 77.9 Å². The van der Waals surface area contributed by atoms with Crippen LogP contribution in [0.15, 0.2) is 36.4 Å². The Morgan fingerprint density at radius 1 is 0.471 bits per heavy atom. The highest BCUT2D eigenvalue weighted by Crippen LogP contribution is 2.20. The van der Waals surface area contributed by atoms with Crippen molar-refractivity contribution in [1.29, 1.82) is 0 Å². The first-order chi connectivity index (χ1) is 16.5. The number of hydrogen-bond acceptors (Lipinski definition) is 2. The molecule has 0 radical (unpaired) electrons. The zero-order chi connectivity index (χ0) is 25.0. The number of ether oxygens (including phenoxy) is 2. The smallest absolute Gasteiger partial charge is 0.122 e. The van der Waals surface area contributed by atoms with E-state index in [-0.39, 0.29) is 0 Å². The maximum atomic E-state index is 5.86. The predicted molar refractivity (Wildman–Crippen MR) is 150 cm³/mol. The van der Waals surface area contributed by atoms with Gasteiger partial charge in [-0.2, -0.15) is 0 Å². The zero-order valence-corrected chi connectivity index (χ0v) is 23.2. The van der Waals surface area contributed by atoms with E-state index in [1.165, 1.54) is 99.3 Å². The Morgan fingerprint density at radius 2 is 0.824 bits per heavy atom. The number of rotatable bonds is 16. The van der Waals surface area contributed by atoms with Crippen molar-refractivity contribution in [2.45, 2.75) is 119 Å². The van der Waals surface area contributed by atoms with Gasteiger partial charge in [0.05, 0.1) is 13.2 Å². The van der Waals surface area contributed by atoms with Crippen molar-refractivity contribution in [3.63, 3.8) is 0 Å². The monoisotopic (exact) mass is 468 g/mol. The third kappa shape index (κ3) is 14.3. The van der Waals surface area contributed by atoms with Crippen LogP contribution in [0, 0.1) is 27.7 Å². The lowest BCUT2D eigenvalue weighted by Crippen LogP contribution is -1.99. The first-order valence-corrected chi connectivity index (χ1v) is 13.9. The van der Waals surface area contributed by atoms with E-state index in [4.69, 9.17) is 9.47 Å². The second-order valence-electron chi connectivity index (χ2n) is 9.77. The van der Waals surface area contributed by atoms with Gasteiger partial charge < -0.3 is 9.47 Å². The lowest BCUT2D eigenvalue weighted by atomic mass is 10.1. The molecule has 0 heterocycles. The Kier molecular flexibility index (Phi) is 17.1. The molecule has 0 saturated heterocycles. The summed E-state index contributed by atoms with van der Waals surface area (Å²) < 4.78 is 11.6. The molecule has 34 heavy (non-hydrogen) atoms. The minimum atomic E-state index is 0.851. The van der Waals surface area contributed by atoms with Gasteiger partial charge in [0, 0.05) is 0 Å². The van der Waals surface area contributed by atoms with Crippen molar-refractivity contribution < 1.29 is 9.47 Å². The van der Waals surface area contributed by atoms with Gasteiger partial charge >= 0.3 is 0 Å². The molecule has 2 aromatic rings. The average Bonchev–Trinajstić information content (AvgIpc) is 2.82. The first kappa shape index (κ1) is 30.1. The summed E-state index contributed by atoms with van der Waals surface area (Å²) in [5.41, 5.74) is 5.02. The molecule has 0 fully saturated rings. The lowest BCUT2D eigenvalue weighted by Gasteiger charge is -2.09. The van der Waals surface area contributed by atoms with Crippen molar-refractivity contribution in [3.05, 3.63) is 58.7 Å². The van der Waals surface area contributed by atoms with Gasteiger partial charge in [-0.15, -0.1) is 0 Å². The van der Waals surface area contributed by atoms with Gasteiger partial charge in [-0.3, -0.25) is 0 Å². The standard InChI is InChI=1S/C18H30O.C14H22O/c1-4-5-6-7-8-9-10-11-14-19-18-15-16(2)12-13-17(18)3;1-4-5-6-7-10-15-14-11-12(2)8-9-13(14)3/h12-13,15H,4-11,14H2,1-3H3;8-9,11H,4-7,10H2,1-3H3. The van der Waals surface area contributed by atoms with Gasteiger partial charge in [0.1, 0.15) is 11.5 Å². The highest BCUT2D eigenvalue weighted by atomic mass is 16.5. The Labute approximate surface area is 211 Å². The molecule has 0 aromatic heterocycles. The van der Waals surface area contributed by atoms with Crippen molar-refractivity contribution >= 4 is 0 Å². The molecule has 0 unspecified atom stereocenters. The molecule has 2 aromatic carbocycles. The maximum Gasteiger partial charge on any atom is 0.122 e. The number of aryl methyl sites for hydroxylation is 4. The Hall–Kier alpha value is -1.96. The fourth-order valence-corrected chi connectivity index (χ4v) is 3.85. The van der Waals surface area contributed by atoms with E-state index in [0.29, 0.717) is 0 Å². The number of hydrogen-bond donors (Lipinski definition) is 0. The van der Waals surface area contributed by atoms with Crippen LogP contribution in [-0.2, 0) is 0 Å². The molecule has 0 N–H and O–H groups in total. The molecular weight excluding hydrogens is 416 g/mol. The van der Waals surface area contributed by atoms with Crippen molar-refractivity contribution in [2.24, 2.45) is 0 Å². The Balaban J connectivity index is 0.000000350. The third-order valence-corrected chi connectivity index (χ3v) is 6.20. The maximum absolute atomic E-state index is 5.86. The number of unbranched alkanes of at least 4 members (excludes halogenated alkanes) is 10. The minimum Gasteiger partial charge on any atom is -0.493 e. The highest BCUT2D eigenvalue weighted by molar-refractivity contribution is 5.36. The molecule has 192 valence electrons. The van der Waals surface area contributed by atoms with E-state index in [9.17, 15) is 0 Å². The second-order valence-corrected chi connectivity index (χ2v) is 9.77. The third-order valence-electron chi connectivity index (χ3n) is 6.20. The van der Waals surface area contributed by atoms with Crippen LogP contribution in [0.1, 0.15) is 113 Å². The van der Waals surface area contributed by atoms with Gasteiger partial charge in [0.15, 0.2) is 0 Å². The van der Waals surface area contributed by atoms with Crippen LogP contribution in [0.25, 0.3) is 0 Å². The Bertz CT molecular complexity index is 766. The van der Waals surface area contributed by atoms with Crippen LogP contribution in [0.4, 0.5) is 0 Å². The van der Waals surface area contributed by atoms with Gasteiger partial charge in [0.25, 0.3) is 0 Å². The van der Waals surface area contributed by atoms with Crippen LogP contribution in [0.3, 0.4) is 0 Å². The molecule has 0 aliphatic heterocycles. The van der Waals surface area contributed by atoms with Crippen LogP contribution < -0.4 is 9.47 Å². The molecule has 2 heteroatoms. The van der Waals surface area contributed by atoms with Crippen molar-refractivity contribution in [2.75, 3.05) is 13.2 Å². The van der Waals surface area contributed by atoms with Crippen LogP contribution in [-0.4, -0.2) is 13.2 Å². The van der Waals surface area contributed by atoms with E-state index < -0.39 is 0 Å². The molecular formula is C32H52O2. The van der Waals surface area contributed by atoms with Crippen molar-refractivity contribution in [1.82, 2.24) is 0 Å². The van der Waals surface area contributed by atoms with Crippen LogP contribution in [0.5, 0.6) is 11.5 Å². The second kappa shape index (κ2) is 19.4. The molecule has 2 rings (SSSR count). The van der Waals surface area contributed by atoms with Gasteiger partial charge in [-0.1, -0.05) is 102 Å². The van der Waals surface area contributed by atoms with E-state index in [1.807, 2.05) is 0 Å². The Morgan fingerprint density at radius 3 is 1.24 bits per heavy atom. The molecule has 0 atom stereocenters. The highest BCUT2D eigenvalue weighted by Gasteiger charge is 2.00. The quantitative estimate of drug-likeness (QED) is 0.228. The summed E-state index contributed by atoms with van der Waals surface area (Å²) in [4.78, 5) is 0. The van der Waals surface area contributed by atoms with Gasteiger partial charge in [0.2, 0.25) is 0 Å². The van der Waals surface area contributed by atoms with Gasteiger partial charge in [-0.25, -0.2) is 0 Å². The number of benzene rings is 2. The fraction of sp³-hybridized carbons (Fsp3) is 0.625. The topological polar surface area (TPSA) is 18.5 Å².